The molecule has 0 bridgehead atoms. The number of carboxylic acid groups (broad SMARTS) is 1. The summed E-state index contributed by atoms with van der Waals surface area (Å²) < 4.78 is 18.8. The SMILES string of the molecule is Cc1c(Oc2cccc(F)c2[N+](=O)[O-])cccc1C(=O)O. The van der Waals surface area contributed by atoms with Crippen molar-refractivity contribution in [3.05, 3.63) is 63.5 Å². The van der Waals surface area contributed by atoms with Crippen LogP contribution in [0.2, 0.25) is 0 Å². The zero-order chi connectivity index (χ0) is 15.6. The average Bonchev–Trinajstić information content (AvgIpc) is 2.40. The van der Waals surface area contributed by atoms with Crippen LogP contribution in [0.5, 0.6) is 11.5 Å². The first kappa shape index (κ1) is 14.4. The van der Waals surface area contributed by atoms with Crippen molar-refractivity contribution in [3.8, 4) is 11.5 Å². The molecule has 0 heterocycles. The van der Waals surface area contributed by atoms with Gasteiger partial charge in [-0.25, -0.2) is 4.79 Å². The second kappa shape index (κ2) is 5.58. The molecule has 0 saturated heterocycles. The molecule has 0 aliphatic heterocycles. The largest absolute Gasteiger partial charge is 0.478 e. The molecule has 0 amide bonds. The van der Waals surface area contributed by atoms with Gasteiger partial charge in [0.1, 0.15) is 5.75 Å². The Morgan fingerprint density at radius 1 is 1.24 bits per heavy atom. The maximum Gasteiger partial charge on any atom is 0.346 e. The number of nitro benzene ring substituents is 1. The number of hydrogen-bond donors (Lipinski definition) is 1. The number of ether oxygens (including phenoxy) is 1. The van der Waals surface area contributed by atoms with E-state index in [1.807, 2.05) is 0 Å². The molecule has 0 unspecified atom stereocenters. The van der Waals surface area contributed by atoms with Gasteiger partial charge >= 0.3 is 11.7 Å². The van der Waals surface area contributed by atoms with Crippen molar-refractivity contribution in [2.45, 2.75) is 6.92 Å². The van der Waals surface area contributed by atoms with Crippen LogP contribution < -0.4 is 4.74 Å². The number of carbonyl (C=O) groups is 1. The van der Waals surface area contributed by atoms with Gasteiger partial charge in [0.25, 0.3) is 0 Å². The monoisotopic (exact) mass is 291 g/mol. The van der Waals surface area contributed by atoms with Gasteiger partial charge in [-0.2, -0.15) is 4.39 Å². The highest BCUT2D eigenvalue weighted by molar-refractivity contribution is 5.90. The molecule has 0 spiro atoms. The zero-order valence-corrected chi connectivity index (χ0v) is 10.9. The third-order valence-corrected chi connectivity index (χ3v) is 2.87. The molecule has 0 saturated carbocycles. The first-order chi connectivity index (χ1) is 9.91. The standard InChI is InChI=1S/C14H10FNO5/c1-8-9(14(17)18)4-2-6-11(8)21-12-7-3-5-10(15)13(12)16(19)20/h2-7H,1H3,(H,17,18). The number of rotatable bonds is 4. The summed E-state index contributed by atoms with van der Waals surface area (Å²) in [5, 5.41) is 19.9. The normalized spacial score (nSPS) is 10.2. The molecule has 0 aliphatic carbocycles. The van der Waals surface area contributed by atoms with Crippen LogP contribution >= 0.6 is 0 Å². The van der Waals surface area contributed by atoms with E-state index >= 15 is 0 Å². The fourth-order valence-corrected chi connectivity index (χ4v) is 1.83. The lowest BCUT2D eigenvalue weighted by Crippen LogP contribution is -2.02. The van der Waals surface area contributed by atoms with Gasteiger partial charge in [0.05, 0.1) is 10.5 Å². The second-order valence-corrected chi connectivity index (χ2v) is 4.18. The predicted molar refractivity (Wildman–Crippen MR) is 71.3 cm³/mol. The second-order valence-electron chi connectivity index (χ2n) is 4.18. The quantitative estimate of drug-likeness (QED) is 0.687. The Balaban J connectivity index is 2.49. The Morgan fingerprint density at radius 2 is 1.86 bits per heavy atom. The minimum atomic E-state index is -1.15. The summed E-state index contributed by atoms with van der Waals surface area (Å²) in [6.07, 6.45) is 0. The number of hydrogen-bond acceptors (Lipinski definition) is 4. The molecule has 7 heteroatoms. The van der Waals surface area contributed by atoms with E-state index in [0.717, 1.165) is 6.07 Å². The molecule has 2 rings (SSSR count). The first-order valence-electron chi connectivity index (χ1n) is 5.85. The molecule has 0 aliphatic rings. The van der Waals surface area contributed by atoms with E-state index in [0.29, 0.717) is 5.56 Å². The lowest BCUT2D eigenvalue weighted by molar-refractivity contribution is -0.388. The maximum atomic E-state index is 13.5. The molecule has 21 heavy (non-hydrogen) atoms. The van der Waals surface area contributed by atoms with E-state index < -0.39 is 22.4 Å². The summed E-state index contributed by atoms with van der Waals surface area (Å²) in [5.74, 6) is -2.34. The van der Waals surface area contributed by atoms with E-state index in [4.69, 9.17) is 9.84 Å². The molecule has 108 valence electrons. The third-order valence-electron chi connectivity index (χ3n) is 2.87. The van der Waals surface area contributed by atoms with E-state index in [1.165, 1.54) is 37.3 Å². The minimum absolute atomic E-state index is 0.00607. The minimum Gasteiger partial charge on any atom is -0.478 e. The maximum absolute atomic E-state index is 13.5. The summed E-state index contributed by atoms with van der Waals surface area (Å²) in [7, 11) is 0. The topological polar surface area (TPSA) is 89.7 Å². The fraction of sp³-hybridized carbons (Fsp3) is 0.0714. The molecular formula is C14H10FNO5. The van der Waals surface area contributed by atoms with Crippen molar-refractivity contribution in [2.24, 2.45) is 0 Å². The van der Waals surface area contributed by atoms with Crippen molar-refractivity contribution >= 4 is 11.7 Å². The lowest BCUT2D eigenvalue weighted by Gasteiger charge is -2.10. The highest BCUT2D eigenvalue weighted by Crippen LogP contribution is 2.35. The van der Waals surface area contributed by atoms with Crippen molar-refractivity contribution in [2.75, 3.05) is 0 Å². The Morgan fingerprint density at radius 3 is 2.48 bits per heavy atom. The van der Waals surface area contributed by atoms with E-state index in [9.17, 15) is 19.3 Å². The van der Waals surface area contributed by atoms with Crippen LogP contribution in [0, 0.1) is 22.9 Å². The fourth-order valence-electron chi connectivity index (χ4n) is 1.83. The highest BCUT2D eigenvalue weighted by Gasteiger charge is 2.22. The zero-order valence-electron chi connectivity index (χ0n) is 10.9. The predicted octanol–water partition coefficient (Wildman–Crippen LogP) is 3.53. The van der Waals surface area contributed by atoms with Crippen molar-refractivity contribution < 1.29 is 24.0 Å². The number of halogens is 1. The van der Waals surface area contributed by atoms with Crippen LogP contribution in [-0.4, -0.2) is 16.0 Å². The number of carboxylic acids is 1. The Labute approximate surface area is 118 Å². The van der Waals surface area contributed by atoms with Gasteiger partial charge in [-0.15, -0.1) is 0 Å². The van der Waals surface area contributed by atoms with Gasteiger partial charge in [0, 0.05) is 5.56 Å². The van der Waals surface area contributed by atoms with Crippen molar-refractivity contribution in [3.63, 3.8) is 0 Å². The number of benzene rings is 2. The van der Waals surface area contributed by atoms with E-state index in [1.54, 1.807) is 0 Å². The third kappa shape index (κ3) is 2.81. The summed E-state index contributed by atoms with van der Waals surface area (Å²) in [5.41, 5.74) is -0.493. The molecule has 2 aromatic carbocycles. The van der Waals surface area contributed by atoms with E-state index in [-0.39, 0.29) is 17.1 Å². The Kier molecular flexibility index (Phi) is 3.84. The Hall–Kier alpha value is -2.96. The number of nitro groups is 1. The van der Waals surface area contributed by atoms with Gasteiger partial charge in [0.15, 0.2) is 0 Å². The summed E-state index contributed by atoms with van der Waals surface area (Å²) in [4.78, 5) is 21.0. The average molecular weight is 291 g/mol. The van der Waals surface area contributed by atoms with Crippen molar-refractivity contribution in [1.29, 1.82) is 0 Å². The molecule has 2 aromatic rings. The number of aromatic carboxylic acids is 1. The summed E-state index contributed by atoms with van der Waals surface area (Å²) >= 11 is 0. The molecule has 1 N–H and O–H groups in total. The van der Waals surface area contributed by atoms with Crippen LogP contribution in [0.4, 0.5) is 10.1 Å². The molecule has 0 fully saturated rings. The van der Waals surface area contributed by atoms with Crippen molar-refractivity contribution in [1.82, 2.24) is 0 Å². The number of para-hydroxylation sites is 1. The van der Waals surface area contributed by atoms with Gasteiger partial charge in [-0.05, 0) is 31.2 Å². The van der Waals surface area contributed by atoms with Crippen LogP contribution in [0.25, 0.3) is 0 Å². The molecular weight excluding hydrogens is 281 g/mol. The molecule has 0 aromatic heterocycles. The van der Waals surface area contributed by atoms with Crippen LogP contribution in [-0.2, 0) is 0 Å². The molecule has 0 atom stereocenters. The van der Waals surface area contributed by atoms with Gasteiger partial charge in [-0.1, -0.05) is 12.1 Å². The Bertz CT molecular complexity index is 729. The van der Waals surface area contributed by atoms with Gasteiger partial charge < -0.3 is 9.84 Å². The summed E-state index contributed by atoms with van der Waals surface area (Å²) in [6, 6.07) is 7.74. The van der Waals surface area contributed by atoms with Crippen LogP contribution in [0.1, 0.15) is 15.9 Å². The van der Waals surface area contributed by atoms with Crippen LogP contribution in [0.3, 0.4) is 0 Å². The first-order valence-corrected chi connectivity index (χ1v) is 5.85. The smallest absolute Gasteiger partial charge is 0.346 e. The molecule has 6 nitrogen and oxygen atoms in total. The number of nitrogens with zero attached hydrogens (tertiary/aromatic N) is 1. The molecule has 0 radical (unpaired) electrons. The van der Waals surface area contributed by atoms with Crippen LogP contribution in [0.15, 0.2) is 36.4 Å². The van der Waals surface area contributed by atoms with E-state index in [2.05, 4.69) is 0 Å². The summed E-state index contributed by atoms with van der Waals surface area (Å²) in [6.45, 7) is 1.50. The van der Waals surface area contributed by atoms with Gasteiger partial charge in [0.2, 0.25) is 11.6 Å². The van der Waals surface area contributed by atoms with Gasteiger partial charge in [-0.3, -0.25) is 10.1 Å². The lowest BCUT2D eigenvalue weighted by atomic mass is 10.1. The highest BCUT2D eigenvalue weighted by atomic mass is 19.1.